The lowest BCUT2D eigenvalue weighted by Gasteiger charge is -2.33. The highest BCUT2D eigenvalue weighted by atomic mass is 16.3. The highest BCUT2D eigenvalue weighted by Crippen LogP contribution is 2.23. The minimum absolute atomic E-state index is 0.222. The molecule has 0 aliphatic carbocycles. The standard InChI is InChI=1S/C22H27N5O2/c1-16(20-13-18-5-3-4-6-19(18)29-20)25-22(28)24-15-17-7-8-21(23-14-17)27-11-9-26(2)10-12-27/h3-8,13-14,16H,9-12,15H2,1-2H3,(H2,24,25,28)/t16-/m1/s1. The molecule has 3 aromatic rings. The third-order valence-electron chi connectivity index (χ3n) is 5.31. The molecule has 2 aromatic heterocycles. The van der Waals surface area contributed by atoms with Crippen LogP contribution in [-0.2, 0) is 6.54 Å². The summed E-state index contributed by atoms with van der Waals surface area (Å²) in [6, 6.07) is 13.4. The summed E-state index contributed by atoms with van der Waals surface area (Å²) in [6.07, 6.45) is 1.83. The monoisotopic (exact) mass is 393 g/mol. The molecule has 0 spiro atoms. The van der Waals surface area contributed by atoms with Gasteiger partial charge in [0.1, 0.15) is 17.2 Å². The van der Waals surface area contributed by atoms with Crippen LogP contribution in [-0.4, -0.2) is 49.1 Å². The van der Waals surface area contributed by atoms with Gasteiger partial charge in [-0.2, -0.15) is 0 Å². The van der Waals surface area contributed by atoms with Crippen molar-refractivity contribution in [1.82, 2.24) is 20.5 Å². The molecule has 29 heavy (non-hydrogen) atoms. The first-order valence-corrected chi connectivity index (χ1v) is 10.00. The number of anilines is 1. The second-order valence-electron chi connectivity index (χ2n) is 7.55. The Labute approximate surface area is 170 Å². The summed E-state index contributed by atoms with van der Waals surface area (Å²) >= 11 is 0. The third-order valence-corrected chi connectivity index (χ3v) is 5.31. The first kappa shape index (κ1) is 19.3. The number of likely N-dealkylation sites (N-methyl/N-ethyl adjacent to an activating group) is 1. The van der Waals surface area contributed by atoms with Crippen molar-refractivity contribution in [1.29, 1.82) is 0 Å². The van der Waals surface area contributed by atoms with E-state index < -0.39 is 0 Å². The molecule has 1 atom stereocenters. The number of pyridine rings is 1. The Morgan fingerprint density at radius 2 is 1.97 bits per heavy atom. The molecular weight excluding hydrogens is 366 g/mol. The third kappa shape index (κ3) is 4.68. The van der Waals surface area contributed by atoms with Gasteiger partial charge in [-0.1, -0.05) is 24.3 Å². The average Bonchev–Trinajstić information content (AvgIpc) is 3.18. The predicted molar refractivity (Wildman–Crippen MR) is 114 cm³/mol. The van der Waals surface area contributed by atoms with Crippen molar-refractivity contribution >= 4 is 22.8 Å². The topological polar surface area (TPSA) is 73.6 Å². The zero-order valence-corrected chi connectivity index (χ0v) is 16.9. The quantitative estimate of drug-likeness (QED) is 0.697. The SMILES string of the molecule is C[C@@H](NC(=O)NCc1ccc(N2CCN(C)CC2)nc1)c1cc2ccccc2o1. The fraction of sp³-hybridized carbons (Fsp3) is 0.364. The molecule has 7 nitrogen and oxygen atoms in total. The fourth-order valence-corrected chi connectivity index (χ4v) is 3.46. The Balaban J connectivity index is 1.27. The highest BCUT2D eigenvalue weighted by Gasteiger charge is 2.16. The number of fused-ring (bicyclic) bond motifs is 1. The summed E-state index contributed by atoms with van der Waals surface area (Å²) < 4.78 is 5.81. The van der Waals surface area contributed by atoms with Gasteiger partial charge >= 0.3 is 6.03 Å². The van der Waals surface area contributed by atoms with E-state index in [2.05, 4.69) is 32.5 Å². The fourth-order valence-electron chi connectivity index (χ4n) is 3.46. The van der Waals surface area contributed by atoms with Crippen molar-refractivity contribution in [2.24, 2.45) is 0 Å². The molecule has 2 amide bonds. The van der Waals surface area contributed by atoms with Crippen molar-refractivity contribution in [3.8, 4) is 0 Å². The lowest BCUT2D eigenvalue weighted by molar-refractivity contribution is 0.236. The molecule has 2 N–H and O–H groups in total. The number of aromatic nitrogens is 1. The Hall–Kier alpha value is -3.06. The van der Waals surface area contributed by atoms with Crippen molar-refractivity contribution in [2.45, 2.75) is 19.5 Å². The maximum absolute atomic E-state index is 12.3. The van der Waals surface area contributed by atoms with Crippen molar-refractivity contribution < 1.29 is 9.21 Å². The maximum atomic E-state index is 12.3. The van der Waals surface area contributed by atoms with Crippen molar-refractivity contribution in [2.75, 3.05) is 38.1 Å². The van der Waals surface area contributed by atoms with Crippen molar-refractivity contribution in [3.05, 3.63) is 60.0 Å². The number of hydrogen-bond donors (Lipinski definition) is 2. The lowest BCUT2D eigenvalue weighted by Crippen LogP contribution is -2.44. The predicted octanol–water partition coefficient (Wildman–Crippen LogP) is 3.14. The first-order valence-electron chi connectivity index (χ1n) is 10.00. The van der Waals surface area contributed by atoms with Gasteiger partial charge < -0.3 is 24.9 Å². The number of carbonyl (C=O) groups excluding carboxylic acids is 1. The van der Waals surface area contributed by atoms with Crippen LogP contribution in [0, 0.1) is 0 Å². The first-order chi connectivity index (χ1) is 14.1. The number of amides is 2. The minimum Gasteiger partial charge on any atom is -0.459 e. The van der Waals surface area contributed by atoms with Gasteiger partial charge in [-0.05, 0) is 37.7 Å². The molecule has 3 heterocycles. The van der Waals surface area contributed by atoms with E-state index in [0.29, 0.717) is 6.54 Å². The molecule has 7 heteroatoms. The lowest BCUT2D eigenvalue weighted by atomic mass is 10.2. The van der Waals surface area contributed by atoms with Crippen LogP contribution in [0.5, 0.6) is 0 Å². The summed E-state index contributed by atoms with van der Waals surface area (Å²) in [5.41, 5.74) is 1.79. The molecule has 1 aliphatic heterocycles. The number of rotatable bonds is 5. The summed E-state index contributed by atoms with van der Waals surface area (Å²) in [6.45, 7) is 6.41. The van der Waals surface area contributed by atoms with Gasteiger partial charge in [-0.25, -0.2) is 9.78 Å². The smallest absolute Gasteiger partial charge is 0.315 e. The van der Waals surface area contributed by atoms with E-state index in [9.17, 15) is 4.79 Å². The van der Waals surface area contributed by atoms with Gasteiger partial charge in [-0.3, -0.25) is 0 Å². The van der Waals surface area contributed by atoms with Gasteiger partial charge in [0.15, 0.2) is 0 Å². The van der Waals surface area contributed by atoms with Gasteiger partial charge in [0.25, 0.3) is 0 Å². The number of para-hydroxylation sites is 1. The van der Waals surface area contributed by atoms with E-state index in [4.69, 9.17) is 4.42 Å². The maximum Gasteiger partial charge on any atom is 0.315 e. The van der Waals surface area contributed by atoms with E-state index in [1.54, 1.807) is 0 Å². The number of carbonyl (C=O) groups is 1. The number of benzene rings is 1. The molecule has 1 aliphatic rings. The molecule has 0 unspecified atom stereocenters. The normalized spacial score (nSPS) is 16.0. The summed E-state index contributed by atoms with van der Waals surface area (Å²) in [5, 5.41) is 6.83. The van der Waals surface area contributed by atoms with Crippen LogP contribution in [0.3, 0.4) is 0 Å². The van der Waals surface area contributed by atoms with Crippen LogP contribution in [0.1, 0.15) is 24.3 Å². The van der Waals surface area contributed by atoms with Gasteiger partial charge in [0.05, 0.1) is 6.04 Å². The Morgan fingerprint density at radius 1 is 1.17 bits per heavy atom. The van der Waals surface area contributed by atoms with Crippen molar-refractivity contribution in [3.63, 3.8) is 0 Å². The molecule has 152 valence electrons. The zero-order valence-electron chi connectivity index (χ0n) is 16.9. The van der Waals surface area contributed by atoms with Crippen LogP contribution < -0.4 is 15.5 Å². The zero-order chi connectivity index (χ0) is 20.2. The number of furan rings is 1. The average molecular weight is 393 g/mol. The Kier molecular flexibility index (Phi) is 5.67. The van der Waals surface area contributed by atoms with E-state index >= 15 is 0 Å². The van der Waals surface area contributed by atoms with E-state index in [0.717, 1.165) is 54.3 Å². The Morgan fingerprint density at radius 3 is 2.69 bits per heavy atom. The van der Waals surface area contributed by atoms with E-state index in [1.807, 2.05) is 55.6 Å². The number of piperazine rings is 1. The largest absolute Gasteiger partial charge is 0.459 e. The number of nitrogens with one attached hydrogen (secondary N) is 2. The van der Waals surface area contributed by atoms with Crippen LogP contribution >= 0.6 is 0 Å². The summed E-state index contributed by atoms with van der Waals surface area (Å²) in [4.78, 5) is 21.4. The van der Waals surface area contributed by atoms with Gasteiger partial charge in [-0.15, -0.1) is 0 Å². The molecule has 1 fully saturated rings. The molecule has 1 saturated heterocycles. The molecule has 0 bridgehead atoms. The number of nitrogens with zero attached hydrogens (tertiary/aromatic N) is 3. The molecule has 0 radical (unpaired) electrons. The molecular formula is C22H27N5O2. The van der Waals surface area contributed by atoms with Crippen LogP contribution in [0.25, 0.3) is 11.0 Å². The van der Waals surface area contributed by atoms with Gasteiger partial charge in [0, 0.05) is 44.3 Å². The molecule has 0 saturated carbocycles. The summed E-state index contributed by atoms with van der Waals surface area (Å²) in [7, 11) is 2.14. The number of urea groups is 1. The van der Waals surface area contributed by atoms with Crippen LogP contribution in [0.15, 0.2) is 53.1 Å². The summed E-state index contributed by atoms with van der Waals surface area (Å²) in [5.74, 6) is 1.73. The number of hydrogen-bond acceptors (Lipinski definition) is 5. The minimum atomic E-state index is -0.235. The van der Waals surface area contributed by atoms with Crippen LogP contribution in [0.2, 0.25) is 0 Å². The van der Waals surface area contributed by atoms with E-state index in [1.165, 1.54) is 0 Å². The molecule has 4 rings (SSSR count). The molecule has 1 aromatic carbocycles. The Bertz CT molecular complexity index is 928. The van der Waals surface area contributed by atoms with Gasteiger partial charge in [0.2, 0.25) is 0 Å². The van der Waals surface area contributed by atoms with E-state index in [-0.39, 0.29) is 12.1 Å². The second-order valence-corrected chi connectivity index (χ2v) is 7.55. The highest BCUT2D eigenvalue weighted by molar-refractivity contribution is 5.78. The van der Waals surface area contributed by atoms with Crippen LogP contribution in [0.4, 0.5) is 10.6 Å². The second kappa shape index (κ2) is 8.53.